The summed E-state index contributed by atoms with van der Waals surface area (Å²) in [5.41, 5.74) is 1.73. The van der Waals surface area contributed by atoms with Gasteiger partial charge in [-0.1, -0.05) is 13.8 Å². The van der Waals surface area contributed by atoms with Crippen LogP contribution in [0.15, 0.2) is 24.0 Å². The van der Waals surface area contributed by atoms with Gasteiger partial charge in [0.15, 0.2) is 0 Å². The molecule has 1 heteroatoms. The topological polar surface area (TPSA) is 0 Å². The molecule has 1 saturated heterocycles. The van der Waals surface area contributed by atoms with Gasteiger partial charge >= 0.3 is 0 Å². The van der Waals surface area contributed by atoms with Crippen molar-refractivity contribution in [1.29, 1.82) is 0 Å². The van der Waals surface area contributed by atoms with E-state index in [-0.39, 0.29) is 0 Å². The quantitative estimate of drug-likeness (QED) is 0.440. The average Bonchev–Trinajstić information content (AvgIpc) is 2.87. The molecule has 3 atom stereocenters. The van der Waals surface area contributed by atoms with E-state index in [1.165, 1.54) is 30.4 Å². The van der Waals surface area contributed by atoms with Crippen molar-refractivity contribution < 1.29 is 4.48 Å². The van der Waals surface area contributed by atoms with Gasteiger partial charge in [0.25, 0.3) is 0 Å². The van der Waals surface area contributed by atoms with Crippen LogP contribution in [0.1, 0.15) is 26.7 Å². The molecule has 14 heavy (non-hydrogen) atoms. The van der Waals surface area contributed by atoms with E-state index < -0.39 is 0 Å². The molecule has 3 aliphatic rings. The Hall–Kier alpha value is -0.560. The summed E-state index contributed by atoms with van der Waals surface area (Å²) in [6.45, 7) is 7.47. The molecular weight excluding hydrogens is 170 g/mol. The summed E-state index contributed by atoms with van der Waals surface area (Å²) in [4.78, 5) is 0. The lowest BCUT2D eigenvalue weighted by Crippen LogP contribution is -2.26. The van der Waals surface area contributed by atoms with Gasteiger partial charge in [-0.3, -0.25) is 4.48 Å². The SMILES string of the molecule is CCC1C=C2C(C=C[N+]23CC3)CC1C. The molecule has 3 rings (SSSR count). The van der Waals surface area contributed by atoms with Crippen molar-refractivity contribution in [2.45, 2.75) is 26.7 Å². The first-order valence-corrected chi connectivity index (χ1v) is 6.03. The molecule has 3 unspecified atom stereocenters. The molecule has 1 aliphatic carbocycles. The molecule has 2 aliphatic heterocycles. The van der Waals surface area contributed by atoms with E-state index in [1.54, 1.807) is 5.70 Å². The number of allylic oxidation sites excluding steroid dienone is 2. The van der Waals surface area contributed by atoms with Gasteiger partial charge < -0.3 is 0 Å². The highest BCUT2D eigenvalue weighted by atomic mass is 15.5. The molecule has 0 radical (unpaired) electrons. The highest BCUT2D eigenvalue weighted by molar-refractivity contribution is 5.20. The van der Waals surface area contributed by atoms with Crippen LogP contribution in [0.5, 0.6) is 0 Å². The Morgan fingerprint density at radius 3 is 2.86 bits per heavy atom. The van der Waals surface area contributed by atoms with Crippen LogP contribution in [-0.2, 0) is 0 Å². The third kappa shape index (κ3) is 1.05. The van der Waals surface area contributed by atoms with Crippen molar-refractivity contribution in [2.75, 3.05) is 13.1 Å². The van der Waals surface area contributed by atoms with Gasteiger partial charge in [-0.15, -0.1) is 0 Å². The molecule has 0 amide bonds. The number of hydrogen-bond donors (Lipinski definition) is 0. The fourth-order valence-electron chi connectivity index (χ4n) is 3.25. The van der Waals surface area contributed by atoms with Gasteiger partial charge in [-0.05, 0) is 36.8 Å². The van der Waals surface area contributed by atoms with Crippen molar-refractivity contribution in [3.8, 4) is 0 Å². The largest absolute Gasteiger partial charge is 0.259 e. The molecule has 1 fully saturated rings. The first-order chi connectivity index (χ1) is 6.75. The maximum absolute atomic E-state index is 2.60. The van der Waals surface area contributed by atoms with Gasteiger partial charge in [0, 0.05) is 0 Å². The highest BCUT2D eigenvalue weighted by Crippen LogP contribution is 2.48. The Kier molecular flexibility index (Phi) is 1.70. The summed E-state index contributed by atoms with van der Waals surface area (Å²) in [5.74, 6) is 2.52. The van der Waals surface area contributed by atoms with Gasteiger partial charge in [-0.2, -0.15) is 0 Å². The Balaban J connectivity index is 1.94. The van der Waals surface area contributed by atoms with Gasteiger partial charge in [0.05, 0.1) is 12.1 Å². The Bertz CT molecular complexity index is 309. The van der Waals surface area contributed by atoms with Crippen LogP contribution in [0.3, 0.4) is 0 Å². The van der Waals surface area contributed by atoms with Crippen LogP contribution in [0.2, 0.25) is 0 Å². The molecule has 0 aromatic carbocycles. The van der Waals surface area contributed by atoms with Crippen LogP contribution in [0, 0.1) is 17.8 Å². The van der Waals surface area contributed by atoms with E-state index in [1.807, 2.05) is 0 Å². The molecule has 0 aromatic heterocycles. The molecule has 0 aromatic rings. The molecular formula is C13H20N+. The number of rotatable bonds is 1. The minimum absolute atomic E-state index is 0.787. The smallest absolute Gasteiger partial charge is 0.138 e. The fourth-order valence-corrected chi connectivity index (χ4v) is 3.25. The summed E-state index contributed by atoms with van der Waals surface area (Å²) in [7, 11) is 0. The average molecular weight is 190 g/mol. The molecule has 0 bridgehead atoms. The Morgan fingerprint density at radius 1 is 1.43 bits per heavy atom. The van der Waals surface area contributed by atoms with Gasteiger partial charge in [-0.25, -0.2) is 0 Å². The summed E-state index contributed by atoms with van der Waals surface area (Å²) < 4.78 is 1.23. The minimum atomic E-state index is 0.787. The Labute approximate surface area is 86.7 Å². The summed E-state index contributed by atoms with van der Waals surface area (Å²) >= 11 is 0. The van der Waals surface area contributed by atoms with Crippen molar-refractivity contribution in [2.24, 2.45) is 17.8 Å². The van der Waals surface area contributed by atoms with Crippen LogP contribution >= 0.6 is 0 Å². The van der Waals surface area contributed by atoms with Gasteiger partial charge in [0.1, 0.15) is 18.8 Å². The third-order valence-electron chi connectivity index (χ3n) is 4.42. The predicted octanol–water partition coefficient (Wildman–Crippen LogP) is 2.91. The molecule has 0 N–H and O–H groups in total. The molecule has 0 saturated carbocycles. The minimum Gasteiger partial charge on any atom is -0.259 e. The van der Waals surface area contributed by atoms with E-state index in [9.17, 15) is 0 Å². The van der Waals surface area contributed by atoms with Crippen molar-refractivity contribution in [3.05, 3.63) is 24.0 Å². The van der Waals surface area contributed by atoms with E-state index >= 15 is 0 Å². The third-order valence-corrected chi connectivity index (χ3v) is 4.42. The van der Waals surface area contributed by atoms with Crippen LogP contribution in [0.25, 0.3) is 0 Å². The van der Waals surface area contributed by atoms with Gasteiger partial charge in [0.2, 0.25) is 0 Å². The molecule has 2 heterocycles. The standard InChI is InChI=1S/C13H20N/c1-3-11-9-13-12(8-10(11)2)4-5-14(13)6-7-14/h4-5,9-12H,3,6-8H2,1-2H3/q+1. The first-order valence-electron chi connectivity index (χ1n) is 6.03. The van der Waals surface area contributed by atoms with Crippen LogP contribution in [-0.4, -0.2) is 17.6 Å². The zero-order chi connectivity index (χ0) is 9.76. The summed E-state index contributed by atoms with van der Waals surface area (Å²) in [6, 6.07) is 0. The second-order valence-corrected chi connectivity index (χ2v) is 5.31. The molecule has 1 nitrogen and oxygen atoms in total. The molecule has 1 spiro atoms. The van der Waals surface area contributed by atoms with Crippen LogP contribution < -0.4 is 0 Å². The summed E-state index contributed by atoms with van der Waals surface area (Å²) in [6.07, 6.45) is 10.2. The lowest BCUT2D eigenvalue weighted by molar-refractivity contribution is -0.697. The monoisotopic (exact) mass is 190 g/mol. The maximum atomic E-state index is 2.60. The van der Waals surface area contributed by atoms with Crippen LogP contribution in [0.4, 0.5) is 0 Å². The normalized spacial score (nSPS) is 42.4. The second-order valence-electron chi connectivity index (χ2n) is 5.31. The first kappa shape index (κ1) is 8.72. The van der Waals surface area contributed by atoms with Crippen molar-refractivity contribution in [3.63, 3.8) is 0 Å². The zero-order valence-corrected chi connectivity index (χ0v) is 9.24. The van der Waals surface area contributed by atoms with Crippen molar-refractivity contribution in [1.82, 2.24) is 0 Å². The summed E-state index contributed by atoms with van der Waals surface area (Å²) in [5, 5.41) is 0. The van der Waals surface area contributed by atoms with E-state index in [4.69, 9.17) is 0 Å². The highest BCUT2D eigenvalue weighted by Gasteiger charge is 2.52. The number of nitrogens with zero attached hydrogens (tertiary/aromatic N) is 1. The van der Waals surface area contributed by atoms with E-state index in [0.29, 0.717) is 0 Å². The van der Waals surface area contributed by atoms with E-state index in [0.717, 1.165) is 17.8 Å². The second kappa shape index (κ2) is 2.73. The molecule has 76 valence electrons. The number of fused-ring (bicyclic) bond motifs is 2. The zero-order valence-electron chi connectivity index (χ0n) is 9.24. The number of hydrogen-bond acceptors (Lipinski definition) is 0. The predicted molar refractivity (Wildman–Crippen MR) is 58.3 cm³/mol. The maximum Gasteiger partial charge on any atom is 0.138 e. The lowest BCUT2D eigenvalue weighted by Gasteiger charge is -2.29. The van der Waals surface area contributed by atoms with E-state index in [2.05, 4.69) is 32.2 Å². The number of quaternary nitrogens is 1. The van der Waals surface area contributed by atoms with Crippen molar-refractivity contribution >= 4 is 0 Å². The fraction of sp³-hybridized carbons (Fsp3) is 0.692. The Morgan fingerprint density at radius 2 is 2.21 bits per heavy atom. The lowest BCUT2D eigenvalue weighted by atomic mass is 9.77.